The van der Waals surface area contributed by atoms with Gasteiger partial charge in [0, 0.05) is 31.6 Å². The predicted octanol–water partition coefficient (Wildman–Crippen LogP) is 3.17. The Hall–Kier alpha value is -0.0300. The van der Waals surface area contributed by atoms with E-state index in [9.17, 15) is 0 Å². The first-order valence-electron chi connectivity index (χ1n) is 7.06. The molecular weight excluding hydrogens is 244 g/mol. The Morgan fingerprint density at radius 1 is 1.44 bits per heavy atom. The van der Waals surface area contributed by atoms with Gasteiger partial charge in [-0.2, -0.15) is 0 Å². The van der Waals surface area contributed by atoms with Gasteiger partial charge in [-0.15, -0.1) is 11.8 Å². The molecule has 1 rings (SSSR count). The summed E-state index contributed by atoms with van der Waals surface area (Å²) in [6, 6.07) is 0. The summed E-state index contributed by atoms with van der Waals surface area (Å²) in [4.78, 5) is 1.48. The Kier molecular flexibility index (Phi) is 7.98. The molecule has 0 aromatic carbocycles. The van der Waals surface area contributed by atoms with Crippen molar-refractivity contribution in [3.63, 3.8) is 0 Å². The highest BCUT2D eigenvalue weighted by Gasteiger charge is 2.16. The van der Waals surface area contributed by atoms with Crippen molar-refractivity contribution in [2.45, 2.75) is 51.7 Å². The van der Waals surface area contributed by atoms with Crippen molar-refractivity contribution >= 4 is 11.8 Å². The van der Waals surface area contributed by atoms with Gasteiger partial charge in [0.05, 0.1) is 0 Å². The summed E-state index contributed by atoms with van der Waals surface area (Å²) in [5, 5.41) is 2.58. The molecule has 0 spiro atoms. The Morgan fingerprint density at radius 3 is 2.94 bits per heavy atom. The zero-order valence-electron chi connectivity index (χ0n) is 12.1. The number of nitrogens with zero attached hydrogens (tertiary/aromatic N) is 1. The summed E-state index contributed by atoms with van der Waals surface area (Å²) in [5.41, 5.74) is 1.52. The van der Waals surface area contributed by atoms with Crippen LogP contribution >= 0.6 is 11.8 Å². The maximum Gasteiger partial charge on any atom is 0.0466 e. The summed E-state index contributed by atoms with van der Waals surface area (Å²) in [5.74, 6) is 5.88. The van der Waals surface area contributed by atoms with Crippen molar-refractivity contribution in [2.24, 2.45) is 5.84 Å². The Morgan fingerprint density at radius 2 is 2.22 bits per heavy atom. The first-order valence-corrected chi connectivity index (χ1v) is 7.94. The maximum atomic E-state index is 5.88. The van der Waals surface area contributed by atoms with E-state index >= 15 is 0 Å². The molecule has 18 heavy (non-hydrogen) atoms. The molecule has 1 atom stereocenters. The van der Waals surface area contributed by atoms with Gasteiger partial charge in [-0.25, -0.2) is 5.01 Å². The SMILES string of the molecule is CCCOCCCC(C)SC1=C(C)CCN(N)C1. The van der Waals surface area contributed by atoms with Crippen LogP contribution in [-0.2, 0) is 4.74 Å². The standard InChI is InChI=1S/C14H28N2OS/c1-4-9-17-10-5-6-13(3)18-14-11-16(15)8-7-12(14)2/h13H,4-11,15H2,1-3H3. The van der Waals surface area contributed by atoms with Crippen LogP contribution < -0.4 is 5.84 Å². The van der Waals surface area contributed by atoms with Gasteiger partial charge >= 0.3 is 0 Å². The number of hydrogen-bond acceptors (Lipinski definition) is 4. The highest BCUT2D eigenvalue weighted by molar-refractivity contribution is 8.03. The molecule has 1 aliphatic rings. The summed E-state index contributed by atoms with van der Waals surface area (Å²) >= 11 is 2.00. The zero-order chi connectivity index (χ0) is 13.4. The second-order valence-corrected chi connectivity index (χ2v) is 6.64. The number of hydrazine groups is 1. The Labute approximate surface area is 116 Å². The van der Waals surface area contributed by atoms with E-state index in [1.165, 1.54) is 16.9 Å². The lowest BCUT2D eigenvalue weighted by Gasteiger charge is -2.27. The first-order chi connectivity index (χ1) is 8.63. The molecule has 1 heterocycles. The van der Waals surface area contributed by atoms with Gasteiger partial charge < -0.3 is 4.74 Å². The van der Waals surface area contributed by atoms with Crippen molar-refractivity contribution in [3.05, 3.63) is 10.5 Å². The second-order valence-electron chi connectivity index (χ2n) is 5.11. The van der Waals surface area contributed by atoms with Gasteiger partial charge in [0.1, 0.15) is 0 Å². The molecule has 0 radical (unpaired) electrons. The van der Waals surface area contributed by atoms with Crippen molar-refractivity contribution in [1.82, 2.24) is 5.01 Å². The molecule has 0 aromatic rings. The largest absolute Gasteiger partial charge is 0.381 e. The van der Waals surface area contributed by atoms with E-state index in [4.69, 9.17) is 10.6 Å². The van der Waals surface area contributed by atoms with Gasteiger partial charge in [0.2, 0.25) is 0 Å². The summed E-state index contributed by atoms with van der Waals surface area (Å²) in [7, 11) is 0. The number of hydrogen-bond donors (Lipinski definition) is 1. The normalized spacial score (nSPS) is 19.3. The minimum absolute atomic E-state index is 0.659. The third-order valence-corrected chi connectivity index (χ3v) is 4.59. The third kappa shape index (κ3) is 6.23. The molecule has 1 aliphatic heterocycles. The number of rotatable bonds is 8. The van der Waals surface area contributed by atoms with Gasteiger partial charge in [-0.3, -0.25) is 5.84 Å². The summed E-state index contributed by atoms with van der Waals surface area (Å²) in [6.07, 6.45) is 4.61. The molecule has 0 aliphatic carbocycles. The van der Waals surface area contributed by atoms with Crippen LogP contribution in [0.15, 0.2) is 10.5 Å². The van der Waals surface area contributed by atoms with E-state index in [0.29, 0.717) is 5.25 Å². The smallest absolute Gasteiger partial charge is 0.0466 e. The van der Waals surface area contributed by atoms with E-state index in [2.05, 4.69) is 20.8 Å². The van der Waals surface area contributed by atoms with E-state index in [1.807, 2.05) is 16.8 Å². The van der Waals surface area contributed by atoms with E-state index in [1.54, 1.807) is 0 Å². The van der Waals surface area contributed by atoms with Gasteiger partial charge in [-0.1, -0.05) is 19.4 Å². The van der Waals surface area contributed by atoms with Crippen molar-refractivity contribution in [2.75, 3.05) is 26.3 Å². The topological polar surface area (TPSA) is 38.5 Å². The van der Waals surface area contributed by atoms with Crippen LogP contribution in [0.5, 0.6) is 0 Å². The molecule has 0 fully saturated rings. The van der Waals surface area contributed by atoms with Crippen LogP contribution in [-0.4, -0.2) is 36.6 Å². The number of nitrogens with two attached hydrogens (primary N) is 1. The minimum Gasteiger partial charge on any atom is -0.381 e. The van der Waals surface area contributed by atoms with Gasteiger partial charge in [-0.05, 0) is 37.5 Å². The molecular formula is C14H28N2OS. The molecule has 4 heteroatoms. The third-order valence-electron chi connectivity index (χ3n) is 3.19. The fraction of sp³-hybridized carbons (Fsp3) is 0.857. The van der Waals surface area contributed by atoms with Crippen LogP contribution in [0.4, 0.5) is 0 Å². The van der Waals surface area contributed by atoms with Crippen LogP contribution in [0.3, 0.4) is 0 Å². The van der Waals surface area contributed by atoms with Crippen LogP contribution in [0, 0.1) is 0 Å². The maximum absolute atomic E-state index is 5.88. The molecule has 0 saturated carbocycles. The molecule has 3 nitrogen and oxygen atoms in total. The Bertz CT molecular complexity index is 269. The average Bonchev–Trinajstić information content (AvgIpc) is 2.33. The lowest BCUT2D eigenvalue weighted by molar-refractivity contribution is 0.131. The number of thioether (sulfide) groups is 1. The minimum atomic E-state index is 0.659. The summed E-state index contributed by atoms with van der Waals surface area (Å²) in [6.45, 7) is 10.4. The number of ether oxygens (including phenoxy) is 1. The van der Waals surface area contributed by atoms with Crippen LogP contribution in [0.25, 0.3) is 0 Å². The van der Waals surface area contributed by atoms with Gasteiger partial charge in [0.15, 0.2) is 0 Å². The van der Waals surface area contributed by atoms with E-state index in [0.717, 1.165) is 45.6 Å². The fourth-order valence-corrected chi connectivity index (χ4v) is 3.32. The van der Waals surface area contributed by atoms with Crippen LogP contribution in [0.2, 0.25) is 0 Å². The fourth-order valence-electron chi connectivity index (χ4n) is 2.01. The molecule has 0 bridgehead atoms. The molecule has 2 N–H and O–H groups in total. The summed E-state index contributed by atoms with van der Waals surface area (Å²) < 4.78 is 5.51. The molecule has 0 saturated heterocycles. The van der Waals surface area contributed by atoms with Crippen molar-refractivity contribution in [1.29, 1.82) is 0 Å². The van der Waals surface area contributed by atoms with E-state index < -0.39 is 0 Å². The second kappa shape index (κ2) is 8.97. The zero-order valence-corrected chi connectivity index (χ0v) is 12.9. The van der Waals surface area contributed by atoms with E-state index in [-0.39, 0.29) is 0 Å². The first kappa shape index (κ1) is 16.0. The molecule has 106 valence electrons. The predicted molar refractivity (Wildman–Crippen MR) is 80.5 cm³/mol. The highest BCUT2D eigenvalue weighted by Crippen LogP contribution is 2.31. The molecule has 0 amide bonds. The van der Waals surface area contributed by atoms with Gasteiger partial charge in [0.25, 0.3) is 0 Å². The monoisotopic (exact) mass is 272 g/mol. The Balaban J connectivity index is 2.20. The van der Waals surface area contributed by atoms with Crippen molar-refractivity contribution < 1.29 is 4.74 Å². The highest BCUT2D eigenvalue weighted by atomic mass is 32.2. The lowest BCUT2D eigenvalue weighted by Crippen LogP contribution is -2.36. The van der Waals surface area contributed by atoms with Crippen molar-refractivity contribution in [3.8, 4) is 0 Å². The molecule has 0 aromatic heterocycles. The quantitative estimate of drug-likeness (QED) is 0.544. The lowest BCUT2D eigenvalue weighted by atomic mass is 10.1. The average molecular weight is 272 g/mol. The van der Waals surface area contributed by atoms with Crippen LogP contribution in [0.1, 0.15) is 46.5 Å². The molecule has 1 unspecified atom stereocenters.